The van der Waals surface area contributed by atoms with E-state index in [0.29, 0.717) is 18.9 Å². The molecular weight excluding hydrogens is 294 g/mol. The van der Waals surface area contributed by atoms with E-state index < -0.39 is 0 Å². The Kier molecular flexibility index (Phi) is 6.34. The van der Waals surface area contributed by atoms with Crippen LogP contribution in [0.25, 0.3) is 0 Å². The van der Waals surface area contributed by atoms with Crippen LogP contribution in [0, 0.1) is 13.8 Å². The molecule has 4 heteroatoms. The van der Waals surface area contributed by atoms with Gasteiger partial charge < -0.3 is 10.1 Å². The second-order valence-corrected chi connectivity index (χ2v) is 6.08. The second-order valence-electron chi connectivity index (χ2n) is 5.07. The molecule has 0 unspecified atom stereocenters. The molecule has 116 valence electrons. The summed E-state index contributed by atoms with van der Waals surface area (Å²) in [5, 5.41) is 2.87. The Morgan fingerprint density at radius 1 is 1.09 bits per heavy atom. The summed E-state index contributed by atoms with van der Waals surface area (Å²) in [6.07, 6.45) is 0. The molecule has 2 aromatic carbocycles. The predicted octanol–water partition coefficient (Wildman–Crippen LogP) is 3.59. The summed E-state index contributed by atoms with van der Waals surface area (Å²) < 4.78 is 5.57. The third kappa shape index (κ3) is 5.45. The van der Waals surface area contributed by atoms with Crippen LogP contribution in [-0.4, -0.2) is 24.8 Å². The van der Waals surface area contributed by atoms with Crippen molar-refractivity contribution in [3.63, 3.8) is 0 Å². The van der Waals surface area contributed by atoms with Crippen LogP contribution in [0.3, 0.4) is 0 Å². The van der Waals surface area contributed by atoms with Gasteiger partial charge in [0.05, 0.1) is 12.3 Å². The van der Waals surface area contributed by atoms with Crippen molar-refractivity contribution in [1.29, 1.82) is 0 Å². The van der Waals surface area contributed by atoms with Gasteiger partial charge in [-0.25, -0.2) is 0 Å². The van der Waals surface area contributed by atoms with Crippen LogP contribution in [0.2, 0.25) is 0 Å². The summed E-state index contributed by atoms with van der Waals surface area (Å²) >= 11 is 1.56. The molecule has 2 aromatic rings. The SMILES string of the molecule is Cc1ccc(OCCNC(=O)CSc2ccccc2C)cc1. The van der Waals surface area contributed by atoms with E-state index >= 15 is 0 Å². The molecule has 0 aromatic heterocycles. The first kappa shape index (κ1) is 16.4. The zero-order chi connectivity index (χ0) is 15.8. The molecule has 0 fully saturated rings. The maximum atomic E-state index is 11.8. The summed E-state index contributed by atoms with van der Waals surface area (Å²) in [5.41, 5.74) is 2.40. The van der Waals surface area contributed by atoms with Crippen LogP contribution in [0.15, 0.2) is 53.4 Å². The quantitative estimate of drug-likeness (QED) is 0.627. The lowest BCUT2D eigenvalue weighted by molar-refractivity contribution is -0.118. The molecule has 0 aliphatic carbocycles. The number of ether oxygens (including phenoxy) is 1. The molecule has 0 heterocycles. The molecular formula is C18H21NO2S. The molecule has 0 saturated carbocycles. The van der Waals surface area contributed by atoms with E-state index in [1.807, 2.05) is 49.4 Å². The Morgan fingerprint density at radius 3 is 2.55 bits per heavy atom. The van der Waals surface area contributed by atoms with Gasteiger partial charge in [0.2, 0.25) is 5.91 Å². The van der Waals surface area contributed by atoms with Gasteiger partial charge in [-0.3, -0.25) is 4.79 Å². The standard InChI is InChI=1S/C18H21NO2S/c1-14-7-9-16(10-8-14)21-12-11-19-18(20)13-22-17-6-4-3-5-15(17)2/h3-10H,11-13H2,1-2H3,(H,19,20). The third-order valence-electron chi connectivity index (χ3n) is 3.17. The minimum absolute atomic E-state index is 0.0285. The van der Waals surface area contributed by atoms with Crippen molar-refractivity contribution in [2.45, 2.75) is 18.7 Å². The topological polar surface area (TPSA) is 38.3 Å². The van der Waals surface area contributed by atoms with Gasteiger partial charge in [-0.05, 0) is 37.6 Å². The third-order valence-corrected chi connectivity index (χ3v) is 4.34. The van der Waals surface area contributed by atoms with Crippen LogP contribution < -0.4 is 10.1 Å². The molecule has 0 atom stereocenters. The van der Waals surface area contributed by atoms with Crippen molar-refractivity contribution in [1.82, 2.24) is 5.32 Å². The van der Waals surface area contributed by atoms with E-state index in [9.17, 15) is 4.79 Å². The van der Waals surface area contributed by atoms with Crippen molar-refractivity contribution in [2.75, 3.05) is 18.9 Å². The molecule has 1 N–H and O–H groups in total. The lowest BCUT2D eigenvalue weighted by atomic mass is 10.2. The van der Waals surface area contributed by atoms with Gasteiger partial charge >= 0.3 is 0 Å². The largest absolute Gasteiger partial charge is 0.492 e. The Bertz CT molecular complexity index is 611. The van der Waals surface area contributed by atoms with Gasteiger partial charge in [0.1, 0.15) is 12.4 Å². The van der Waals surface area contributed by atoms with E-state index in [0.717, 1.165) is 10.6 Å². The fourth-order valence-electron chi connectivity index (χ4n) is 1.91. The Hall–Kier alpha value is -1.94. The summed E-state index contributed by atoms with van der Waals surface area (Å²) in [6, 6.07) is 16.0. The van der Waals surface area contributed by atoms with Gasteiger partial charge in [0.15, 0.2) is 0 Å². The highest BCUT2D eigenvalue weighted by atomic mass is 32.2. The van der Waals surface area contributed by atoms with E-state index in [1.165, 1.54) is 11.1 Å². The zero-order valence-corrected chi connectivity index (χ0v) is 13.8. The van der Waals surface area contributed by atoms with Gasteiger partial charge in [-0.2, -0.15) is 0 Å². The highest BCUT2D eigenvalue weighted by Crippen LogP contribution is 2.21. The number of rotatable bonds is 7. The molecule has 1 amide bonds. The fraction of sp³-hybridized carbons (Fsp3) is 0.278. The monoisotopic (exact) mass is 315 g/mol. The van der Waals surface area contributed by atoms with Crippen molar-refractivity contribution in [3.8, 4) is 5.75 Å². The number of carbonyl (C=O) groups excluding carboxylic acids is 1. The summed E-state index contributed by atoms with van der Waals surface area (Å²) in [7, 11) is 0. The Labute approximate surface area is 136 Å². The lowest BCUT2D eigenvalue weighted by Gasteiger charge is -2.08. The minimum atomic E-state index is 0.0285. The minimum Gasteiger partial charge on any atom is -0.492 e. The molecule has 0 spiro atoms. The number of thioether (sulfide) groups is 1. The first-order valence-electron chi connectivity index (χ1n) is 7.30. The molecule has 0 radical (unpaired) electrons. The number of nitrogens with one attached hydrogen (secondary N) is 1. The van der Waals surface area contributed by atoms with Crippen LogP contribution in [-0.2, 0) is 4.79 Å². The van der Waals surface area contributed by atoms with E-state index in [-0.39, 0.29) is 5.91 Å². The fourth-order valence-corrected chi connectivity index (χ4v) is 2.77. The number of amides is 1. The number of carbonyl (C=O) groups is 1. The van der Waals surface area contributed by atoms with Crippen LogP contribution in [0.1, 0.15) is 11.1 Å². The van der Waals surface area contributed by atoms with Crippen molar-refractivity contribution < 1.29 is 9.53 Å². The van der Waals surface area contributed by atoms with Crippen molar-refractivity contribution in [3.05, 3.63) is 59.7 Å². The molecule has 22 heavy (non-hydrogen) atoms. The Balaban J connectivity index is 1.64. The average Bonchev–Trinajstić information content (AvgIpc) is 2.52. The van der Waals surface area contributed by atoms with Gasteiger partial charge in [-0.15, -0.1) is 11.8 Å². The molecule has 0 saturated heterocycles. The Morgan fingerprint density at radius 2 is 1.82 bits per heavy atom. The van der Waals surface area contributed by atoms with Gasteiger partial charge in [-0.1, -0.05) is 35.9 Å². The molecule has 3 nitrogen and oxygen atoms in total. The average molecular weight is 315 g/mol. The maximum absolute atomic E-state index is 11.8. The number of hydrogen-bond donors (Lipinski definition) is 1. The number of aryl methyl sites for hydroxylation is 2. The van der Waals surface area contributed by atoms with Crippen LogP contribution in [0.5, 0.6) is 5.75 Å². The summed E-state index contributed by atoms with van der Waals surface area (Å²) in [6.45, 7) is 5.08. The van der Waals surface area contributed by atoms with Crippen molar-refractivity contribution >= 4 is 17.7 Å². The van der Waals surface area contributed by atoms with Crippen LogP contribution >= 0.6 is 11.8 Å². The highest BCUT2D eigenvalue weighted by molar-refractivity contribution is 8.00. The number of benzene rings is 2. The molecule has 0 bridgehead atoms. The smallest absolute Gasteiger partial charge is 0.230 e. The molecule has 0 aliphatic rings. The van der Waals surface area contributed by atoms with E-state index in [2.05, 4.69) is 18.3 Å². The van der Waals surface area contributed by atoms with Crippen LogP contribution in [0.4, 0.5) is 0 Å². The number of hydrogen-bond acceptors (Lipinski definition) is 3. The maximum Gasteiger partial charge on any atom is 0.230 e. The van der Waals surface area contributed by atoms with E-state index in [4.69, 9.17) is 4.74 Å². The normalized spacial score (nSPS) is 10.3. The first-order chi connectivity index (χ1) is 10.6. The van der Waals surface area contributed by atoms with Crippen molar-refractivity contribution in [2.24, 2.45) is 0 Å². The summed E-state index contributed by atoms with van der Waals surface area (Å²) in [5.74, 6) is 1.28. The second kappa shape index (κ2) is 8.49. The van der Waals surface area contributed by atoms with Gasteiger partial charge in [0, 0.05) is 4.90 Å². The van der Waals surface area contributed by atoms with Gasteiger partial charge in [0.25, 0.3) is 0 Å². The molecule has 2 rings (SSSR count). The summed E-state index contributed by atoms with van der Waals surface area (Å²) in [4.78, 5) is 12.9. The van der Waals surface area contributed by atoms with E-state index in [1.54, 1.807) is 11.8 Å². The zero-order valence-electron chi connectivity index (χ0n) is 13.0. The predicted molar refractivity (Wildman–Crippen MR) is 91.6 cm³/mol. The highest BCUT2D eigenvalue weighted by Gasteiger charge is 2.04. The molecule has 0 aliphatic heterocycles. The first-order valence-corrected chi connectivity index (χ1v) is 8.28. The lowest BCUT2D eigenvalue weighted by Crippen LogP contribution is -2.29.